The lowest BCUT2D eigenvalue weighted by Gasteiger charge is -2.28. The van der Waals surface area contributed by atoms with E-state index in [4.69, 9.17) is 0 Å². The average Bonchev–Trinajstić information content (AvgIpc) is 2.48. The normalized spacial score (nSPS) is 15.5. The molecular formula is C13H22S. The van der Waals surface area contributed by atoms with E-state index in [-0.39, 0.29) is 0 Å². The second kappa shape index (κ2) is 4.48. The van der Waals surface area contributed by atoms with E-state index in [1.165, 1.54) is 29.7 Å². The minimum absolute atomic E-state index is 0.406. The average molecular weight is 210 g/mol. The molecule has 80 valence electrons. The summed E-state index contributed by atoms with van der Waals surface area (Å²) >= 11 is 1.90. The van der Waals surface area contributed by atoms with Gasteiger partial charge in [-0.2, -0.15) is 0 Å². The summed E-state index contributed by atoms with van der Waals surface area (Å²) < 4.78 is 0. The number of rotatable bonds is 4. The van der Waals surface area contributed by atoms with Crippen LogP contribution in [0.2, 0.25) is 0 Å². The van der Waals surface area contributed by atoms with Crippen LogP contribution in [0, 0.1) is 13.8 Å². The standard InChI is InChI=1S/C13H22S/c1-6-8-13(5,7-2)12-9-14-11(4)10(12)3/h9H,6-8H2,1-5H3. The lowest BCUT2D eigenvalue weighted by atomic mass is 9.76. The zero-order valence-corrected chi connectivity index (χ0v) is 10.9. The molecule has 0 spiro atoms. The first-order valence-electron chi connectivity index (χ1n) is 5.60. The van der Waals surface area contributed by atoms with Gasteiger partial charge in [0.05, 0.1) is 0 Å². The van der Waals surface area contributed by atoms with Gasteiger partial charge in [0, 0.05) is 4.88 Å². The van der Waals surface area contributed by atoms with Gasteiger partial charge < -0.3 is 0 Å². The molecule has 0 radical (unpaired) electrons. The molecule has 1 unspecified atom stereocenters. The molecule has 0 saturated heterocycles. The molecule has 0 aliphatic rings. The summed E-state index contributed by atoms with van der Waals surface area (Å²) in [4.78, 5) is 1.48. The van der Waals surface area contributed by atoms with Gasteiger partial charge in [-0.05, 0) is 48.6 Å². The third-order valence-electron chi connectivity index (χ3n) is 3.52. The van der Waals surface area contributed by atoms with Crippen molar-refractivity contribution in [1.29, 1.82) is 0 Å². The van der Waals surface area contributed by atoms with Crippen molar-refractivity contribution in [2.24, 2.45) is 0 Å². The van der Waals surface area contributed by atoms with E-state index < -0.39 is 0 Å². The molecular weight excluding hydrogens is 188 g/mol. The van der Waals surface area contributed by atoms with Crippen molar-refractivity contribution >= 4 is 11.3 Å². The molecule has 1 rings (SSSR count). The van der Waals surface area contributed by atoms with Crippen molar-refractivity contribution in [2.75, 3.05) is 0 Å². The number of hydrogen-bond acceptors (Lipinski definition) is 1. The van der Waals surface area contributed by atoms with E-state index in [2.05, 4.69) is 40.0 Å². The Hall–Kier alpha value is -0.300. The summed E-state index contributed by atoms with van der Waals surface area (Å²) in [6.07, 6.45) is 3.83. The maximum Gasteiger partial charge on any atom is 0.00464 e. The van der Waals surface area contributed by atoms with Crippen molar-refractivity contribution in [2.45, 2.75) is 59.3 Å². The summed E-state index contributed by atoms with van der Waals surface area (Å²) in [6, 6.07) is 0. The topological polar surface area (TPSA) is 0 Å². The Morgan fingerprint density at radius 3 is 2.29 bits per heavy atom. The zero-order valence-electron chi connectivity index (χ0n) is 10.1. The van der Waals surface area contributed by atoms with Gasteiger partial charge >= 0.3 is 0 Å². The second-order valence-electron chi connectivity index (χ2n) is 4.49. The van der Waals surface area contributed by atoms with Crippen LogP contribution < -0.4 is 0 Å². The van der Waals surface area contributed by atoms with Crippen LogP contribution in [0.25, 0.3) is 0 Å². The van der Waals surface area contributed by atoms with Crippen molar-refractivity contribution in [3.63, 3.8) is 0 Å². The monoisotopic (exact) mass is 210 g/mol. The Morgan fingerprint density at radius 2 is 1.93 bits per heavy atom. The Morgan fingerprint density at radius 1 is 1.29 bits per heavy atom. The van der Waals surface area contributed by atoms with Crippen LogP contribution in [-0.2, 0) is 5.41 Å². The quantitative estimate of drug-likeness (QED) is 0.667. The van der Waals surface area contributed by atoms with E-state index in [1.807, 2.05) is 11.3 Å². The minimum Gasteiger partial charge on any atom is -0.149 e. The molecule has 1 heterocycles. The molecule has 0 amide bonds. The molecule has 0 bridgehead atoms. The SMILES string of the molecule is CCCC(C)(CC)c1csc(C)c1C. The Bertz CT molecular complexity index is 298. The van der Waals surface area contributed by atoms with Crippen LogP contribution >= 0.6 is 11.3 Å². The zero-order chi connectivity index (χ0) is 10.8. The number of thiophene rings is 1. The molecule has 0 N–H and O–H groups in total. The van der Waals surface area contributed by atoms with E-state index in [1.54, 1.807) is 5.56 Å². The third-order valence-corrected chi connectivity index (χ3v) is 4.53. The van der Waals surface area contributed by atoms with Crippen LogP contribution in [0.1, 0.15) is 56.0 Å². The van der Waals surface area contributed by atoms with Crippen LogP contribution in [0.3, 0.4) is 0 Å². The molecule has 1 atom stereocenters. The highest BCUT2D eigenvalue weighted by atomic mass is 32.1. The van der Waals surface area contributed by atoms with Gasteiger partial charge in [-0.15, -0.1) is 11.3 Å². The van der Waals surface area contributed by atoms with Crippen molar-refractivity contribution < 1.29 is 0 Å². The fraction of sp³-hybridized carbons (Fsp3) is 0.692. The molecule has 0 fully saturated rings. The summed E-state index contributed by atoms with van der Waals surface area (Å²) in [6.45, 7) is 11.5. The van der Waals surface area contributed by atoms with Gasteiger partial charge in [0.1, 0.15) is 0 Å². The molecule has 0 saturated carbocycles. The summed E-state index contributed by atoms with van der Waals surface area (Å²) in [5, 5.41) is 2.36. The lowest BCUT2D eigenvalue weighted by molar-refractivity contribution is 0.413. The predicted molar refractivity (Wildman–Crippen MR) is 66.3 cm³/mol. The number of aryl methyl sites for hydroxylation is 1. The van der Waals surface area contributed by atoms with Crippen molar-refractivity contribution in [1.82, 2.24) is 0 Å². The van der Waals surface area contributed by atoms with Gasteiger partial charge in [0.15, 0.2) is 0 Å². The van der Waals surface area contributed by atoms with Gasteiger partial charge in [0.2, 0.25) is 0 Å². The van der Waals surface area contributed by atoms with E-state index in [0.29, 0.717) is 5.41 Å². The molecule has 1 aromatic rings. The molecule has 1 aromatic heterocycles. The Balaban J connectivity index is 3.05. The van der Waals surface area contributed by atoms with Gasteiger partial charge in [0.25, 0.3) is 0 Å². The largest absolute Gasteiger partial charge is 0.149 e. The minimum atomic E-state index is 0.406. The number of hydrogen-bond donors (Lipinski definition) is 0. The Labute approximate surface area is 92.4 Å². The molecule has 1 heteroatoms. The Kier molecular flexibility index (Phi) is 3.77. The molecule has 0 aliphatic carbocycles. The maximum absolute atomic E-state index is 2.41. The maximum atomic E-state index is 2.41. The fourth-order valence-corrected chi connectivity index (χ4v) is 3.20. The summed E-state index contributed by atoms with van der Waals surface area (Å²) in [7, 11) is 0. The molecule has 14 heavy (non-hydrogen) atoms. The summed E-state index contributed by atoms with van der Waals surface area (Å²) in [5.74, 6) is 0. The molecule has 0 aromatic carbocycles. The van der Waals surface area contributed by atoms with E-state index >= 15 is 0 Å². The second-order valence-corrected chi connectivity index (χ2v) is 5.58. The highest BCUT2D eigenvalue weighted by molar-refractivity contribution is 7.10. The van der Waals surface area contributed by atoms with E-state index in [0.717, 1.165) is 0 Å². The smallest absolute Gasteiger partial charge is 0.00464 e. The van der Waals surface area contributed by atoms with Gasteiger partial charge in [-0.25, -0.2) is 0 Å². The van der Waals surface area contributed by atoms with Crippen LogP contribution in [0.15, 0.2) is 5.38 Å². The molecule has 0 aliphatic heterocycles. The fourth-order valence-electron chi connectivity index (χ4n) is 2.16. The first-order valence-corrected chi connectivity index (χ1v) is 6.48. The van der Waals surface area contributed by atoms with Crippen molar-refractivity contribution in [3.8, 4) is 0 Å². The first-order chi connectivity index (χ1) is 6.55. The van der Waals surface area contributed by atoms with Crippen LogP contribution in [0.4, 0.5) is 0 Å². The van der Waals surface area contributed by atoms with Gasteiger partial charge in [-0.3, -0.25) is 0 Å². The highest BCUT2D eigenvalue weighted by Crippen LogP contribution is 2.37. The third kappa shape index (κ3) is 2.03. The van der Waals surface area contributed by atoms with Crippen LogP contribution in [0.5, 0.6) is 0 Å². The molecule has 0 nitrogen and oxygen atoms in total. The van der Waals surface area contributed by atoms with Crippen molar-refractivity contribution in [3.05, 3.63) is 21.4 Å². The highest BCUT2D eigenvalue weighted by Gasteiger charge is 2.26. The van der Waals surface area contributed by atoms with Gasteiger partial charge in [-0.1, -0.05) is 27.2 Å². The predicted octanol–water partition coefficient (Wildman–Crippen LogP) is 4.83. The first kappa shape index (κ1) is 11.8. The van der Waals surface area contributed by atoms with E-state index in [9.17, 15) is 0 Å². The lowest BCUT2D eigenvalue weighted by Crippen LogP contribution is -2.20. The van der Waals surface area contributed by atoms with Crippen LogP contribution in [-0.4, -0.2) is 0 Å². The summed E-state index contributed by atoms with van der Waals surface area (Å²) in [5.41, 5.74) is 3.51.